The standard InChI is InChI=1S/C13H22N4O3S/c1-12-13(10-14-20-12)11-15-6-8-17(9-7-15)21(18,19)16-4-2-3-5-16/h10H,2-9,11H2,1H3. The summed E-state index contributed by atoms with van der Waals surface area (Å²) in [6.45, 7) is 6.62. The molecule has 21 heavy (non-hydrogen) atoms. The summed E-state index contributed by atoms with van der Waals surface area (Å²) < 4.78 is 33.2. The van der Waals surface area contributed by atoms with Gasteiger partial charge in [-0.2, -0.15) is 17.0 Å². The van der Waals surface area contributed by atoms with Crippen LogP contribution in [-0.4, -0.2) is 66.4 Å². The lowest BCUT2D eigenvalue weighted by molar-refractivity contribution is 0.175. The first-order valence-electron chi connectivity index (χ1n) is 7.45. The molecule has 3 heterocycles. The fraction of sp³-hybridized carbons (Fsp3) is 0.769. The number of hydrogen-bond acceptors (Lipinski definition) is 5. The van der Waals surface area contributed by atoms with Crippen LogP contribution < -0.4 is 0 Å². The van der Waals surface area contributed by atoms with Crippen LogP contribution in [0, 0.1) is 6.92 Å². The summed E-state index contributed by atoms with van der Waals surface area (Å²) in [4.78, 5) is 2.25. The first-order valence-corrected chi connectivity index (χ1v) is 8.85. The highest BCUT2D eigenvalue weighted by Gasteiger charge is 2.33. The van der Waals surface area contributed by atoms with Gasteiger partial charge < -0.3 is 4.52 Å². The van der Waals surface area contributed by atoms with Crippen molar-refractivity contribution in [3.63, 3.8) is 0 Å². The zero-order valence-corrected chi connectivity index (χ0v) is 13.2. The van der Waals surface area contributed by atoms with Gasteiger partial charge in [-0.3, -0.25) is 4.90 Å². The van der Waals surface area contributed by atoms with E-state index in [4.69, 9.17) is 4.52 Å². The minimum absolute atomic E-state index is 0.559. The van der Waals surface area contributed by atoms with Gasteiger partial charge in [0.2, 0.25) is 0 Å². The maximum absolute atomic E-state index is 12.5. The number of nitrogens with zero attached hydrogens (tertiary/aromatic N) is 4. The van der Waals surface area contributed by atoms with Crippen LogP contribution in [0.25, 0.3) is 0 Å². The first-order chi connectivity index (χ1) is 10.1. The van der Waals surface area contributed by atoms with Crippen molar-refractivity contribution in [1.29, 1.82) is 0 Å². The van der Waals surface area contributed by atoms with E-state index in [2.05, 4.69) is 10.1 Å². The Kier molecular flexibility index (Phi) is 4.30. The molecule has 2 saturated heterocycles. The fourth-order valence-corrected chi connectivity index (χ4v) is 4.58. The van der Waals surface area contributed by atoms with Crippen LogP contribution in [0.5, 0.6) is 0 Å². The highest BCUT2D eigenvalue weighted by atomic mass is 32.2. The summed E-state index contributed by atoms with van der Waals surface area (Å²) in [6.07, 6.45) is 3.70. The molecular weight excluding hydrogens is 292 g/mol. The molecule has 0 aliphatic carbocycles. The third-order valence-electron chi connectivity index (χ3n) is 4.29. The van der Waals surface area contributed by atoms with Gasteiger partial charge in [0, 0.05) is 51.4 Å². The Bertz CT molecular complexity index is 572. The molecular formula is C13H22N4O3S. The molecule has 0 amide bonds. The van der Waals surface area contributed by atoms with Crippen molar-refractivity contribution in [3.8, 4) is 0 Å². The maximum Gasteiger partial charge on any atom is 0.282 e. The molecule has 8 heteroatoms. The van der Waals surface area contributed by atoms with E-state index in [1.165, 1.54) is 0 Å². The lowest BCUT2D eigenvalue weighted by Gasteiger charge is -2.35. The smallest absolute Gasteiger partial charge is 0.282 e. The average Bonchev–Trinajstić information content (AvgIpc) is 3.12. The average molecular weight is 314 g/mol. The summed E-state index contributed by atoms with van der Waals surface area (Å²) >= 11 is 0. The van der Waals surface area contributed by atoms with Gasteiger partial charge in [0.05, 0.1) is 6.20 Å². The second-order valence-corrected chi connectivity index (χ2v) is 7.62. The van der Waals surface area contributed by atoms with Crippen molar-refractivity contribution in [2.24, 2.45) is 0 Å². The van der Waals surface area contributed by atoms with E-state index >= 15 is 0 Å². The van der Waals surface area contributed by atoms with E-state index < -0.39 is 10.2 Å². The van der Waals surface area contributed by atoms with Crippen LogP contribution in [0.4, 0.5) is 0 Å². The highest BCUT2D eigenvalue weighted by molar-refractivity contribution is 7.86. The molecule has 0 saturated carbocycles. The number of aryl methyl sites for hydroxylation is 1. The Morgan fingerprint density at radius 1 is 1.10 bits per heavy atom. The summed E-state index contributed by atoms with van der Waals surface area (Å²) in [5.41, 5.74) is 1.07. The molecule has 0 bridgehead atoms. The molecule has 118 valence electrons. The summed E-state index contributed by atoms with van der Waals surface area (Å²) in [5.74, 6) is 0.835. The molecule has 1 aromatic rings. The molecule has 0 N–H and O–H groups in total. The van der Waals surface area contributed by atoms with E-state index in [1.54, 1.807) is 14.8 Å². The minimum Gasteiger partial charge on any atom is -0.361 e. The molecule has 0 spiro atoms. The number of piperazine rings is 1. The van der Waals surface area contributed by atoms with E-state index in [-0.39, 0.29) is 0 Å². The van der Waals surface area contributed by atoms with Gasteiger partial charge in [-0.1, -0.05) is 5.16 Å². The third kappa shape index (κ3) is 3.13. The van der Waals surface area contributed by atoms with Gasteiger partial charge in [-0.15, -0.1) is 0 Å². The van der Waals surface area contributed by atoms with Gasteiger partial charge in [0.25, 0.3) is 10.2 Å². The second kappa shape index (κ2) is 6.04. The highest BCUT2D eigenvalue weighted by Crippen LogP contribution is 2.19. The Hall–Kier alpha value is -0.960. The fourth-order valence-electron chi connectivity index (χ4n) is 2.91. The largest absolute Gasteiger partial charge is 0.361 e. The van der Waals surface area contributed by atoms with Crippen LogP contribution in [0.15, 0.2) is 10.7 Å². The Balaban J connectivity index is 1.56. The van der Waals surface area contributed by atoms with Gasteiger partial charge in [0.15, 0.2) is 0 Å². The monoisotopic (exact) mass is 314 g/mol. The van der Waals surface area contributed by atoms with Crippen LogP contribution in [0.2, 0.25) is 0 Å². The lowest BCUT2D eigenvalue weighted by atomic mass is 10.2. The van der Waals surface area contributed by atoms with E-state index in [0.717, 1.165) is 43.8 Å². The third-order valence-corrected chi connectivity index (χ3v) is 6.33. The predicted molar refractivity (Wildman–Crippen MR) is 77.8 cm³/mol. The van der Waals surface area contributed by atoms with Gasteiger partial charge in [-0.05, 0) is 19.8 Å². The molecule has 2 fully saturated rings. The number of hydrogen-bond donors (Lipinski definition) is 0. The summed E-state index contributed by atoms with van der Waals surface area (Å²) in [7, 11) is -3.25. The van der Waals surface area contributed by atoms with Crippen molar-refractivity contribution in [2.45, 2.75) is 26.3 Å². The zero-order valence-electron chi connectivity index (χ0n) is 12.4. The second-order valence-electron chi connectivity index (χ2n) is 5.70. The van der Waals surface area contributed by atoms with E-state index in [0.29, 0.717) is 26.2 Å². The van der Waals surface area contributed by atoms with Crippen LogP contribution in [-0.2, 0) is 16.8 Å². The molecule has 2 aliphatic heterocycles. The molecule has 3 rings (SSSR count). The van der Waals surface area contributed by atoms with Gasteiger partial charge >= 0.3 is 0 Å². The Morgan fingerprint density at radius 2 is 1.71 bits per heavy atom. The molecule has 7 nitrogen and oxygen atoms in total. The van der Waals surface area contributed by atoms with Gasteiger partial charge in [-0.25, -0.2) is 0 Å². The normalized spacial score (nSPS) is 22.9. The molecule has 0 aromatic carbocycles. The van der Waals surface area contributed by atoms with E-state index in [9.17, 15) is 8.42 Å². The molecule has 0 atom stereocenters. The number of aromatic nitrogens is 1. The molecule has 0 unspecified atom stereocenters. The van der Waals surface area contributed by atoms with Crippen molar-refractivity contribution in [3.05, 3.63) is 17.5 Å². The SMILES string of the molecule is Cc1oncc1CN1CCN(S(=O)(=O)N2CCCC2)CC1. The van der Waals surface area contributed by atoms with E-state index in [1.807, 2.05) is 6.92 Å². The topological polar surface area (TPSA) is 69.9 Å². The van der Waals surface area contributed by atoms with Crippen molar-refractivity contribution >= 4 is 10.2 Å². The number of rotatable bonds is 4. The Morgan fingerprint density at radius 3 is 2.29 bits per heavy atom. The van der Waals surface area contributed by atoms with Crippen molar-refractivity contribution in [1.82, 2.24) is 18.7 Å². The molecule has 1 aromatic heterocycles. The minimum atomic E-state index is -3.25. The lowest BCUT2D eigenvalue weighted by Crippen LogP contribution is -2.52. The van der Waals surface area contributed by atoms with Crippen LogP contribution >= 0.6 is 0 Å². The quantitative estimate of drug-likeness (QED) is 0.806. The van der Waals surface area contributed by atoms with Gasteiger partial charge in [0.1, 0.15) is 5.76 Å². The van der Waals surface area contributed by atoms with Crippen molar-refractivity contribution in [2.75, 3.05) is 39.3 Å². The molecule has 0 radical (unpaired) electrons. The summed E-state index contributed by atoms with van der Waals surface area (Å²) in [5, 5.41) is 3.78. The van der Waals surface area contributed by atoms with Crippen LogP contribution in [0.3, 0.4) is 0 Å². The van der Waals surface area contributed by atoms with Crippen molar-refractivity contribution < 1.29 is 12.9 Å². The van der Waals surface area contributed by atoms with Crippen LogP contribution in [0.1, 0.15) is 24.2 Å². The Labute approximate surface area is 125 Å². The predicted octanol–water partition coefficient (Wildman–Crippen LogP) is 0.441. The maximum atomic E-state index is 12.5. The summed E-state index contributed by atoms with van der Waals surface area (Å²) in [6, 6.07) is 0. The first kappa shape index (κ1) is 15.0. The zero-order chi connectivity index (χ0) is 14.9. The molecule has 2 aliphatic rings.